The number of rotatable bonds is 5. The smallest absolute Gasteiger partial charge is 0.126 e. The first-order chi connectivity index (χ1) is 7.58. The van der Waals surface area contributed by atoms with E-state index in [-0.39, 0.29) is 0 Å². The summed E-state index contributed by atoms with van der Waals surface area (Å²) in [6.45, 7) is 8.61. The molecule has 0 fully saturated rings. The van der Waals surface area contributed by atoms with Crippen molar-refractivity contribution < 1.29 is 0 Å². The largest absolute Gasteiger partial charge is 0.397 e. The van der Waals surface area contributed by atoms with E-state index in [2.05, 4.69) is 31.1 Å². The fourth-order valence-electron chi connectivity index (χ4n) is 2.00. The maximum atomic E-state index is 5.74. The topological polar surface area (TPSA) is 50.9 Å². The maximum absolute atomic E-state index is 5.74. The Hall–Kier alpha value is -1.25. The van der Waals surface area contributed by atoms with Crippen LogP contribution in [0.4, 0.5) is 11.5 Å². The summed E-state index contributed by atoms with van der Waals surface area (Å²) in [6.07, 6.45) is 2.39. The fraction of sp³-hybridized carbons (Fsp3) is 0.615. The van der Waals surface area contributed by atoms with Crippen LogP contribution in [-0.2, 0) is 0 Å². The van der Waals surface area contributed by atoms with Crippen LogP contribution in [0.5, 0.6) is 0 Å². The first kappa shape index (κ1) is 12.8. The summed E-state index contributed by atoms with van der Waals surface area (Å²) in [6, 6.07) is 4.30. The van der Waals surface area contributed by atoms with Crippen LogP contribution < -0.4 is 11.1 Å². The average Bonchev–Trinajstić information content (AvgIpc) is 2.25. The molecule has 1 unspecified atom stereocenters. The first-order valence-electron chi connectivity index (χ1n) is 6.08. The Kier molecular flexibility index (Phi) is 4.59. The van der Waals surface area contributed by atoms with Crippen LogP contribution >= 0.6 is 0 Å². The Morgan fingerprint density at radius 1 is 1.31 bits per heavy atom. The molecule has 3 heteroatoms. The van der Waals surface area contributed by atoms with E-state index in [9.17, 15) is 0 Å². The molecule has 1 aromatic rings. The highest BCUT2D eigenvalue weighted by molar-refractivity contribution is 5.49. The van der Waals surface area contributed by atoms with Gasteiger partial charge in [-0.05, 0) is 31.9 Å². The van der Waals surface area contributed by atoms with Gasteiger partial charge in [0.1, 0.15) is 5.82 Å². The number of anilines is 2. The summed E-state index contributed by atoms with van der Waals surface area (Å²) in [5.41, 5.74) is 7.38. The zero-order valence-corrected chi connectivity index (χ0v) is 10.7. The van der Waals surface area contributed by atoms with Crippen molar-refractivity contribution in [2.45, 2.75) is 46.6 Å². The van der Waals surface area contributed by atoms with Gasteiger partial charge in [-0.25, -0.2) is 4.98 Å². The van der Waals surface area contributed by atoms with Crippen LogP contribution in [0.1, 0.15) is 39.3 Å². The third-order valence-electron chi connectivity index (χ3n) is 3.26. The minimum absolute atomic E-state index is 0.450. The molecule has 0 aliphatic rings. The van der Waals surface area contributed by atoms with Crippen molar-refractivity contribution in [3.05, 3.63) is 17.8 Å². The summed E-state index contributed by atoms with van der Waals surface area (Å²) >= 11 is 0. The van der Waals surface area contributed by atoms with Crippen molar-refractivity contribution in [1.29, 1.82) is 0 Å². The highest BCUT2D eigenvalue weighted by Crippen LogP contribution is 2.18. The van der Waals surface area contributed by atoms with Crippen molar-refractivity contribution in [3.8, 4) is 0 Å². The van der Waals surface area contributed by atoms with Crippen LogP contribution in [0.15, 0.2) is 12.1 Å². The highest BCUT2D eigenvalue weighted by Gasteiger charge is 2.13. The van der Waals surface area contributed by atoms with E-state index in [1.165, 1.54) is 12.8 Å². The zero-order chi connectivity index (χ0) is 12.1. The number of nitrogens with two attached hydrogens (primary N) is 1. The van der Waals surface area contributed by atoms with Gasteiger partial charge in [0.05, 0.1) is 11.4 Å². The summed E-state index contributed by atoms with van der Waals surface area (Å²) in [5, 5.41) is 3.45. The zero-order valence-electron chi connectivity index (χ0n) is 10.7. The molecule has 16 heavy (non-hydrogen) atoms. The Bertz CT molecular complexity index is 332. The maximum Gasteiger partial charge on any atom is 0.126 e. The number of aromatic nitrogens is 1. The van der Waals surface area contributed by atoms with Gasteiger partial charge >= 0.3 is 0 Å². The Labute approximate surface area is 98.5 Å². The monoisotopic (exact) mass is 221 g/mol. The average molecular weight is 221 g/mol. The van der Waals surface area contributed by atoms with Gasteiger partial charge in [-0.1, -0.05) is 26.7 Å². The van der Waals surface area contributed by atoms with Crippen molar-refractivity contribution in [2.24, 2.45) is 5.92 Å². The third-order valence-corrected chi connectivity index (χ3v) is 3.26. The summed E-state index contributed by atoms with van der Waals surface area (Å²) < 4.78 is 0. The molecule has 1 heterocycles. The van der Waals surface area contributed by atoms with Crippen molar-refractivity contribution >= 4 is 11.5 Å². The summed E-state index contributed by atoms with van der Waals surface area (Å²) in [7, 11) is 0. The van der Waals surface area contributed by atoms with Crippen LogP contribution in [0.2, 0.25) is 0 Å². The van der Waals surface area contributed by atoms with Gasteiger partial charge in [0.25, 0.3) is 0 Å². The second kappa shape index (κ2) is 5.73. The van der Waals surface area contributed by atoms with E-state index in [0.717, 1.165) is 17.2 Å². The molecule has 0 aliphatic heterocycles. The molecule has 0 radical (unpaired) electrons. The Morgan fingerprint density at radius 3 is 2.44 bits per heavy atom. The van der Waals surface area contributed by atoms with Crippen LogP contribution in [-0.4, -0.2) is 11.0 Å². The van der Waals surface area contributed by atoms with Gasteiger partial charge in [0.15, 0.2) is 0 Å². The molecule has 0 saturated carbocycles. The third kappa shape index (κ3) is 3.12. The normalized spacial score (nSPS) is 12.8. The first-order valence-corrected chi connectivity index (χ1v) is 6.08. The molecule has 0 bridgehead atoms. The molecule has 0 aromatic carbocycles. The number of hydrogen-bond donors (Lipinski definition) is 2. The molecule has 1 rings (SSSR count). The van der Waals surface area contributed by atoms with Crippen LogP contribution in [0.3, 0.4) is 0 Å². The molecule has 0 saturated heterocycles. The van der Waals surface area contributed by atoms with E-state index in [4.69, 9.17) is 5.73 Å². The van der Waals surface area contributed by atoms with E-state index in [1.54, 1.807) is 0 Å². The van der Waals surface area contributed by atoms with E-state index >= 15 is 0 Å². The van der Waals surface area contributed by atoms with E-state index < -0.39 is 0 Å². The number of hydrogen-bond acceptors (Lipinski definition) is 3. The van der Waals surface area contributed by atoms with Gasteiger partial charge < -0.3 is 11.1 Å². The second-order valence-electron chi connectivity index (χ2n) is 4.38. The van der Waals surface area contributed by atoms with Crippen molar-refractivity contribution in [2.75, 3.05) is 11.1 Å². The van der Waals surface area contributed by atoms with Gasteiger partial charge in [-0.3, -0.25) is 0 Å². The van der Waals surface area contributed by atoms with Crippen molar-refractivity contribution in [1.82, 2.24) is 4.98 Å². The molecule has 0 spiro atoms. The lowest BCUT2D eigenvalue weighted by Gasteiger charge is -2.23. The lowest BCUT2D eigenvalue weighted by Crippen LogP contribution is -2.25. The standard InChI is InChI=1S/C13H23N3/c1-5-11(6-2)9(3)15-13-8-7-12(14)10(4)16-13/h7-9,11H,5-6,14H2,1-4H3,(H,15,16). The molecule has 1 atom stereocenters. The molecule has 0 aliphatic carbocycles. The molecule has 0 amide bonds. The second-order valence-corrected chi connectivity index (χ2v) is 4.38. The Balaban J connectivity index is 2.69. The SMILES string of the molecule is CCC(CC)C(C)Nc1ccc(N)c(C)n1. The number of aryl methyl sites for hydroxylation is 1. The lowest BCUT2D eigenvalue weighted by atomic mass is 9.95. The summed E-state index contributed by atoms with van der Waals surface area (Å²) in [4.78, 5) is 4.43. The minimum Gasteiger partial charge on any atom is -0.397 e. The van der Waals surface area contributed by atoms with Crippen LogP contribution in [0.25, 0.3) is 0 Å². The molecule has 90 valence electrons. The summed E-state index contributed by atoms with van der Waals surface area (Å²) in [5.74, 6) is 1.62. The fourth-order valence-corrected chi connectivity index (χ4v) is 2.00. The number of nitrogens with one attached hydrogen (secondary N) is 1. The number of nitrogens with zero attached hydrogens (tertiary/aromatic N) is 1. The quantitative estimate of drug-likeness (QED) is 0.802. The highest BCUT2D eigenvalue weighted by atomic mass is 15.0. The number of nitrogen functional groups attached to an aromatic ring is 1. The predicted octanol–water partition coefficient (Wildman–Crippen LogP) is 3.21. The van der Waals surface area contributed by atoms with Crippen molar-refractivity contribution in [3.63, 3.8) is 0 Å². The Morgan fingerprint density at radius 2 is 1.94 bits per heavy atom. The minimum atomic E-state index is 0.450. The molecule has 3 N–H and O–H groups in total. The van der Waals surface area contributed by atoms with Gasteiger partial charge in [-0.2, -0.15) is 0 Å². The van der Waals surface area contributed by atoms with Gasteiger partial charge in [0.2, 0.25) is 0 Å². The molecular formula is C13H23N3. The molecular weight excluding hydrogens is 198 g/mol. The predicted molar refractivity (Wildman–Crippen MR) is 70.5 cm³/mol. The van der Waals surface area contributed by atoms with Crippen LogP contribution in [0, 0.1) is 12.8 Å². The number of pyridine rings is 1. The van der Waals surface area contributed by atoms with Gasteiger partial charge in [-0.15, -0.1) is 0 Å². The molecule has 1 aromatic heterocycles. The van der Waals surface area contributed by atoms with E-state index in [1.807, 2.05) is 19.1 Å². The molecule has 3 nitrogen and oxygen atoms in total. The van der Waals surface area contributed by atoms with Gasteiger partial charge in [0, 0.05) is 6.04 Å². The van der Waals surface area contributed by atoms with E-state index in [0.29, 0.717) is 12.0 Å². The lowest BCUT2D eigenvalue weighted by molar-refractivity contribution is 0.437.